The largest absolute Gasteiger partial charge is 0.481 e. The van der Waals surface area contributed by atoms with Crippen molar-refractivity contribution in [2.24, 2.45) is 7.05 Å². The molecule has 1 atom stereocenters. The molecule has 0 spiro atoms. The van der Waals surface area contributed by atoms with Gasteiger partial charge < -0.3 is 14.6 Å². The predicted molar refractivity (Wildman–Crippen MR) is 117 cm³/mol. The number of ether oxygens (including phenoxy) is 1. The Hall–Kier alpha value is -2.00. The molecule has 0 bridgehead atoms. The number of carbonyl (C=O) groups is 1. The molecule has 6 nitrogen and oxygen atoms in total. The number of hydrogen-bond donors (Lipinski definition) is 1. The SMILES string of the molecule is CC(Oc1ccc(F)cc1Cl)c1nnc(SCC(=O)Nc2ccc(Cl)cc2Cl)n1C. The second-order valence-corrected chi connectivity index (χ2v) is 8.39. The Labute approximate surface area is 191 Å². The van der Waals surface area contributed by atoms with Crippen molar-refractivity contribution in [1.82, 2.24) is 14.8 Å². The van der Waals surface area contributed by atoms with Crippen LogP contribution in [0.5, 0.6) is 5.75 Å². The number of rotatable bonds is 7. The Kier molecular flexibility index (Phi) is 7.46. The topological polar surface area (TPSA) is 69.0 Å². The average Bonchev–Trinajstić information content (AvgIpc) is 3.05. The molecule has 0 radical (unpaired) electrons. The van der Waals surface area contributed by atoms with Crippen LogP contribution in [0.4, 0.5) is 10.1 Å². The highest BCUT2D eigenvalue weighted by molar-refractivity contribution is 7.99. The Morgan fingerprint density at radius 1 is 1.20 bits per heavy atom. The standard InChI is InChI=1S/C19H16Cl3FN4O2S/c1-10(29-16-6-4-12(23)8-14(16)22)18-25-26-19(27(18)2)30-9-17(28)24-15-5-3-11(20)7-13(15)21/h3-8,10H,9H2,1-2H3,(H,24,28). The summed E-state index contributed by atoms with van der Waals surface area (Å²) in [5.41, 5.74) is 0.475. The molecule has 0 aliphatic carbocycles. The van der Waals surface area contributed by atoms with Crippen molar-refractivity contribution in [3.63, 3.8) is 0 Å². The molecule has 30 heavy (non-hydrogen) atoms. The molecule has 3 rings (SSSR count). The van der Waals surface area contributed by atoms with Crippen LogP contribution in [0.25, 0.3) is 0 Å². The van der Waals surface area contributed by atoms with Gasteiger partial charge >= 0.3 is 0 Å². The van der Waals surface area contributed by atoms with Crippen LogP contribution in [0, 0.1) is 5.82 Å². The number of aromatic nitrogens is 3. The number of halogens is 4. The quantitative estimate of drug-likeness (QED) is 0.426. The third-order valence-electron chi connectivity index (χ3n) is 3.97. The van der Waals surface area contributed by atoms with E-state index >= 15 is 0 Å². The Morgan fingerprint density at radius 2 is 1.97 bits per heavy atom. The first-order valence-corrected chi connectivity index (χ1v) is 10.7. The number of nitrogens with one attached hydrogen (secondary N) is 1. The fourth-order valence-electron chi connectivity index (χ4n) is 2.53. The van der Waals surface area contributed by atoms with Gasteiger partial charge in [0, 0.05) is 12.1 Å². The number of thioether (sulfide) groups is 1. The van der Waals surface area contributed by atoms with E-state index in [-0.39, 0.29) is 16.7 Å². The molecular formula is C19H16Cl3FN4O2S. The molecule has 0 aliphatic rings. The molecule has 1 aromatic heterocycles. The Morgan fingerprint density at radius 3 is 2.67 bits per heavy atom. The summed E-state index contributed by atoms with van der Waals surface area (Å²) in [6, 6.07) is 8.71. The van der Waals surface area contributed by atoms with E-state index in [9.17, 15) is 9.18 Å². The van der Waals surface area contributed by atoms with E-state index in [0.717, 1.165) is 0 Å². The third-order valence-corrected chi connectivity index (χ3v) is 5.83. The molecule has 1 unspecified atom stereocenters. The van der Waals surface area contributed by atoms with Crippen molar-refractivity contribution < 1.29 is 13.9 Å². The van der Waals surface area contributed by atoms with Crippen LogP contribution in [0.3, 0.4) is 0 Å². The fraction of sp³-hybridized carbons (Fsp3) is 0.211. The zero-order chi connectivity index (χ0) is 21.8. The second-order valence-electron chi connectivity index (χ2n) is 6.20. The minimum Gasteiger partial charge on any atom is -0.481 e. The molecular weight excluding hydrogens is 474 g/mol. The minimum absolute atomic E-state index is 0.101. The molecule has 2 aromatic carbocycles. The zero-order valence-electron chi connectivity index (χ0n) is 15.8. The maximum atomic E-state index is 13.2. The van der Waals surface area contributed by atoms with Gasteiger partial charge in [0.05, 0.1) is 21.5 Å². The van der Waals surface area contributed by atoms with Crippen molar-refractivity contribution in [2.75, 3.05) is 11.1 Å². The number of anilines is 1. The summed E-state index contributed by atoms with van der Waals surface area (Å²) in [5, 5.41) is 12.5. The van der Waals surface area contributed by atoms with Crippen molar-refractivity contribution in [3.8, 4) is 5.75 Å². The lowest BCUT2D eigenvalue weighted by atomic mass is 10.3. The molecule has 11 heteroatoms. The highest BCUT2D eigenvalue weighted by Gasteiger charge is 2.19. The smallest absolute Gasteiger partial charge is 0.234 e. The van der Waals surface area contributed by atoms with Gasteiger partial charge in [-0.15, -0.1) is 10.2 Å². The lowest BCUT2D eigenvalue weighted by Crippen LogP contribution is -2.15. The Balaban J connectivity index is 1.61. The van der Waals surface area contributed by atoms with Crippen LogP contribution < -0.4 is 10.1 Å². The predicted octanol–water partition coefficient (Wildman–Crippen LogP) is 5.79. The molecule has 3 aromatic rings. The van der Waals surface area contributed by atoms with E-state index in [2.05, 4.69) is 15.5 Å². The van der Waals surface area contributed by atoms with Crippen LogP contribution in [0.2, 0.25) is 15.1 Å². The van der Waals surface area contributed by atoms with E-state index in [4.69, 9.17) is 39.5 Å². The van der Waals surface area contributed by atoms with Gasteiger partial charge in [0.25, 0.3) is 0 Å². The number of hydrogen-bond acceptors (Lipinski definition) is 5. The van der Waals surface area contributed by atoms with E-state index in [1.54, 1.807) is 36.7 Å². The minimum atomic E-state index is -0.499. The molecule has 1 amide bonds. The van der Waals surface area contributed by atoms with Crippen molar-refractivity contribution in [1.29, 1.82) is 0 Å². The number of amides is 1. The number of carbonyl (C=O) groups excluding carboxylic acids is 1. The van der Waals surface area contributed by atoms with E-state index < -0.39 is 11.9 Å². The average molecular weight is 490 g/mol. The molecule has 1 N–H and O–H groups in total. The van der Waals surface area contributed by atoms with Crippen LogP contribution in [-0.4, -0.2) is 26.4 Å². The van der Waals surface area contributed by atoms with Gasteiger partial charge in [-0.3, -0.25) is 4.79 Å². The van der Waals surface area contributed by atoms with Gasteiger partial charge in [-0.2, -0.15) is 0 Å². The summed E-state index contributed by atoms with van der Waals surface area (Å²) in [5.74, 6) is 0.261. The molecule has 0 saturated heterocycles. The van der Waals surface area contributed by atoms with Crippen molar-refractivity contribution >= 4 is 58.2 Å². The Bertz CT molecular complexity index is 1080. The first-order valence-electron chi connectivity index (χ1n) is 8.63. The molecule has 1 heterocycles. The lowest BCUT2D eigenvalue weighted by Gasteiger charge is -2.15. The van der Waals surface area contributed by atoms with E-state index in [1.807, 2.05) is 0 Å². The monoisotopic (exact) mass is 488 g/mol. The third kappa shape index (κ3) is 5.57. The molecule has 0 aliphatic heterocycles. The van der Waals surface area contributed by atoms with Crippen LogP contribution >= 0.6 is 46.6 Å². The summed E-state index contributed by atoms with van der Waals surface area (Å²) in [6.45, 7) is 1.77. The first-order chi connectivity index (χ1) is 14.2. The molecule has 0 saturated carbocycles. The summed E-state index contributed by atoms with van der Waals surface area (Å²) in [4.78, 5) is 12.2. The van der Waals surface area contributed by atoms with Crippen LogP contribution in [0.1, 0.15) is 18.9 Å². The maximum absolute atomic E-state index is 13.2. The molecule has 0 fully saturated rings. The van der Waals surface area contributed by atoms with Gasteiger partial charge in [0.2, 0.25) is 5.91 Å². The van der Waals surface area contributed by atoms with E-state index in [0.29, 0.717) is 32.5 Å². The molecule has 158 valence electrons. The van der Waals surface area contributed by atoms with Gasteiger partial charge in [-0.05, 0) is 43.3 Å². The summed E-state index contributed by atoms with van der Waals surface area (Å²) >= 11 is 19.1. The second kappa shape index (κ2) is 9.87. The summed E-state index contributed by atoms with van der Waals surface area (Å²) < 4.78 is 20.7. The van der Waals surface area contributed by atoms with Gasteiger partial charge in [-0.25, -0.2) is 4.39 Å². The summed E-state index contributed by atoms with van der Waals surface area (Å²) in [7, 11) is 1.76. The lowest BCUT2D eigenvalue weighted by molar-refractivity contribution is -0.113. The van der Waals surface area contributed by atoms with E-state index in [1.165, 1.54) is 30.0 Å². The van der Waals surface area contributed by atoms with Gasteiger partial charge in [-0.1, -0.05) is 46.6 Å². The zero-order valence-corrected chi connectivity index (χ0v) is 18.9. The maximum Gasteiger partial charge on any atom is 0.234 e. The summed E-state index contributed by atoms with van der Waals surface area (Å²) in [6.07, 6.45) is -0.499. The van der Waals surface area contributed by atoms with Crippen molar-refractivity contribution in [3.05, 3.63) is 63.1 Å². The highest BCUT2D eigenvalue weighted by atomic mass is 35.5. The van der Waals surface area contributed by atoms with Crippen LogP contribution in [-0.2, 0) is 11.8 Å². The number of benzene rings is 2. The number of nitrogens with zero attached hydrogens (tertiary/aromatic N) is 3. The van der Waals surface area contributed by atoms with Crippen molar-refractivity contribution in [2.45, 2.75) is 18.2 Å². The normalized spacial score (nSPS) is 11.9. The fourth-order valence-corrected chi connectivity index (χ4v) is 3.91. The highest BCUT2D eigenvalue weighted by Crippen LogP contribution is 2.30. The first kappa shape index (κ1) is 22.7. The van der Waals surface area contributed by atoms with Crippen LogP contribution in [0.15, 0.2) is 41.6 Å². The van der Waals surface area contributed by atoms with Gasteiger partial charge in [0.1, 0.15) is 11.6 Å². The van der Waals surface area contributed by atoms with Gasteiger partial charge in [0.15, 0.2) is 17.1 Å².